The zero-order valence-corrected chi connectivity index (χ0v) is 19.9. The molecule has 1 amide bonds. The quantitative estimate of drug-likeness (QED) is 0.443. The Labute approximate surface area is 208 Å². The molecular weight excluding hydrogens is 463 g/mol. The summed E-state index contributed by atoms with van der Waals surface area (Å²) >= 11 is 6.31. The normalized spacial score (nSPS) is 19.8. The molecule has 2 atom stereocenters. The molecule has 0 saturated carbocycles. The van der Waals surface area contributed by atoms with E-state index in [-0.39, 0.29) is 11.7 Å². The second kappa shape index (κ2) is 9.51. The number of hydrogen-bond acceptors (Lipinski definition) is 3. The Morgan fingerprint density at radius 1 is 0.971 bits per heavy atom. The first-order valence-electron chi connectivity index (χ1n) is 11.5. The van der Waals surface area contributed by atoms with E-state index in [2.05, 4.69) is 10.6 Å². The first-order valence-corrected chi connectivity index (χ1v) is 11.9. The van der Waals surface area contributed by atoms with Gasteiger partial charge in [-0.15, -0.1) is 0 Å². The summed E-state index contributed by atoms with van der Waals surface area (Å²) in [6.45, 7) is 1.83. The van der Waals surface area contributed by atoms with Gasteiger partial charge in [0.1, 0.15) is 5.82 Å². The monoisotopic (exact) mass is 486 g/mol. The van der Waals surface area contributed by atoms with Crippen molar-refractivity contribution in [1.82, 2.24) is 5.32 Å². The lowest BCUT2D eigenvalue weighted by Crippen LogP contribution is -2.37. The Bertz CT molecular complexity index is 1380. The van der Waals surface area contributed by atoms with Crippen molar-refractivity contribution in [3.8, 4) is 0 Å². The number of carbonyl (C=O) groups excluding carboxylic acids is 2. The number of rotatable bonds is 4. The van der Waals surface area contributed by atoms with Crippen molar-refractivity contribution < 1.29 is 14.0 Å². The molecule has 0 aromatic heterocycles. The van der Waals surface area contributed by atoms with Gasteiger partial charge >= 0.3 is 0 Å². The van der Waals surface area contributed by atoms with Crippen LogP contribution in [0.15, 0.2) is 101 Å². The van der Waals surface area contributed by atoms with Crippen LogP contribution in [0.25, 0.3) is 0 Å². The van der Waals surface area contributed by atoms with E-state index in [0.717, 1.165) is 16.8 Å². The Balaban J connectivity index is 1.57. The summed E-state index contributed by atoms with van der Waals surface area (Å²) in [6, 6.07) is 23.0. The Morgan fingerprint density at radius 2 is 1.71 bits per heavy atom. The van der Waals surface area contributed by atoms with Gasteiger partial charge in [-0.1, -0.05) is 60.1 Å². The molecule has 0 radical (unpaired) electrons. The molecule has 0 saturated heterocycles. The second-order valence-corrected chi connectivity index (χ2v) is 9.38. The van der Waals surface area contributed by atoms with E-state index in [1.165, 1.54) is 18.2 Å². The number of halogens is 2. The lowest BCUT2D eigenvalue weighted by Gasteiger charge is -2.37. The molecule has 0 unspecified atom stereocenters. The van der Waals surface area contributed by atoms with Gasteiger partial charge in [-0.3, -0.25) is 9.59 Å². The zero-order valence-electron chi connectivity index (χ0n) is 19.1. The minimum atomic E-state index is -0.581. The maximum absolute atomic E-state index is 13.7. The maximum atomic E-state index is 13.7. The topological polar surface area (TPSA) is 58.2 Å². The molecule has 0 fully saturated rings. The number of amides is 1. The lowest BCUT2D eigenvalue weighted by atomic mass is 9.71. The molecule has 35 heavy (non-hydrogen) atoms. The van der Waals surface area contributed by atoms with Crippen molar-refractivity contribution in [2.75, 3.05) is 5.32 Å². The van der Waals surface area contributed by atoms with Crippen LogP contribution in [0, 0.1) is 5.82 Å². The van der Waals surface area contributed by atoms with Crippen molar-refractivity contribution in [2.45, 2.75) is 31.6 Å². The van der Waals surface area contributed by atoms with Gasteiger partial charge in [0.15, 0.2) is 5.78 Å². The summed E-state index contributed by atoms with van der Waals surface area (Å²) in [5.74, 6) is -1.36. The van der Waals surface area contributed by atoms with Gasteiger partial charge in [0, 0.05) is 45.6 Å². The fourth-order valence-corrected chi connectivity index (χ4v) is 5.28. The van der Waals surface area contributed by atoms with Crippen LogP contribution < -0.4 is 10.6 Å². The smallest absolute Gasteiger partial charge is 0.254 e. The molecule has 2 N–H and O–H groups in total. The van der Waals surface area contributed by atoms with Gasteiger partial charge in [-0.25, -0.2) is 4.39 Å². The van der Waals surface area contributed by atoms with Crippen molar-refractivity contribution >= 4 is 29.0 Å². The highest BCUT2D eigenvalue weighted by atomic mass is 35.5. The predicted molar refractivity (Wildman–Crippen MR) is 136 cm³/mol. The molecule has 5 rings (SSSR count). The summed E-state index contributed by atoms with van der Waals surface area (Å²) in [7, 11) is 0. The van der Waals surface area contributed by atoms with Crippen molar-refractivity contribution in [3.05, 3.63) is 123 Å². The number of anilines is 1. The third kappa shape index (κ3) is 4.64. The van der Waals surface area contributed by atoms with Gasteiger partial charge in [0.25, 0.3) is 5.91 Å². The molecule has 0 spiro atoms. The fourth-order valence-electron chi connectivity index (χ4n) is 5.09. The number of carbonyl (C=O) groups is 2. The lowest BCUT2D eigenvalue weighted by molar-refractivity contribution is -0.116. The van der Waals surface area contributed by atoms with Crippen LogP contribution in [-0.2, 0) is 9.59 Å². The summed E-state index contributed by atoms with van der Waals surface area (Å²) < 4.78 is 13.7. The number of allylic oxidation sites excluding steroid dienone is 3. The third-order valence-electron chi connectivity index (χ3n) is 6.61. The van der Waals surface area contributed by atoms with E-state index in [1.54, 1.807) is 18.2 Å². The van der Waals surface area contributed by atoms with Crippen LogP contribution in [0.2, 0.25) is 5.02 Å². The second-order valence-electron chi connectivity index (χ2n) is 8.95. The standard InChI is InChI=1S/C29H24ClFN2O2/c1-17-26(29(35)33-23-12-6-11-22(31)16-23)27(19-9-5-10-21(30)13-19)28-24(32-17)14-20(15-25(28)34)18-7-3-2-4-8-18/h2-13,16,20,27,32H,14-15H2,1H3,(H,33,35)/t20-,27-/m1/s1. The van der Waals surface area contributed by atoms with Crippen LogP contribution >= 0.6 is 11.6 Å². The molecule has 1 heterocycles. The number of Topliss-reactive ketones (excluding diaryl/α,β-unsaturated/α-hetero) is 1. The fraction of sp³-hybridized carbons (Fsp3) is 0.172. The highest BCUT2D eigenvalue weighted by molar-refractivity contribution is 6.30. The average Bonchev–Trinajstić information content (AvgIpc) is 2.83. The van der Waals surface area contributed by atoms with E-state index in [9.17, 15) is 14.0 Å². The van der Waals surface area contributed by atoms with Crippen molar-refractivity contribution in [3.63, 3.8) is 0 Å². The molecule has 1 aliphatic carbocycles. The number of nitrogens with one attached hydrogen (secondary N) is 2. The highest BCUT2D eigenvalue weighted by Crippen LogP contribution is 2.46. The molecule has 1 aliphatic heterocycles. The third-order valence-corrected chi connectivity index (χ3v) is 6.84. The van der Waals surface area contributed by atoms with Gasteiger partial charge in [0.2, 0.25) is 0 Å². The number of dihydropyridines is 1. The van der Waals surface area contributed by atoms with Crippen LogP contribution in [0.4, 0.5) is 10.1 Å². The van der Waals surface area contributed by atoms with Crippen LogP contribution in [0.1, 0.15) is 42.7 Å². The first-order chi connectivity index (χ1) is 16.9. The van der Waals surface area contributed by atoms with Crippen LogP contribution in [0.5, 0.6) is 0 Å². The minimum Gasteiger partial charge on any atom is -0.362 e. The first kappa shape index (κ1) is 23.1. The van der Waals surface area contributed by atoms with Crippen molar-refractivity contribution in [1.29, 1.82) is 0 Å². The van der Waals surface area contributed by atoms with E-state index >= 15 is 0 Å². The minimum absolute atomic E-state index is 0.00105. The molecule has 3 aromatic carbocycles. The molecule has 176 valence electrons. The highest BCUT2D eigenvalue weighted by Gasteiger charge is 2.41. The van der Waals surface area contributed by atoms with Gasteiger partial charge < -0.3 is 10.6 Å². The number of hydrogen-bond donors (Lipinski definition) is 2. The summed E-state index contributed by atoms with van der Waals surface area (Å²) in [6.07, 6.45) is 1.03. The van der Waals surface area contributed by atoms with Gasteiger partial charge in [0.05, 0.1) is 0 Å². The predicted octanol–water partition coefficient (Wildman–Crippen LogP) is 6.48. The van der Waals surface area contributed by atoms with Crippen LogP contribution in [0.3, 0.4) is 0 Å². The summed E-state index contributed by atoms with van der Waals surface area (Å²) in [5, 5.41) is 6.68. The van der Waals surface area contributed by atoms with E-state index in [0.29, 0.717) is 40.4 Å². The maximum Gasteiger partial charge on any atom is 0.254 e. The Morgan fingerprint density at radius 3 is 2.46 bits per heavy atom. The molecule has 6 heteroatoms. The van der Waals surface area contributed by atoms with E-state index in [1.807, 2.05) is 49.4 Å². The SMILES string of the molecule is CC1=C(C(=O)Nc2cccc(F)c2)[C@@H](c2cccc(Cl)c2)C2=C(C[C@@H](c3ccccc3)CC2=O)N1. The summed E-state index contributed by atoms with van der Waals surface area (Å²) in [4.78, 5) is 27.2. The Kier molecular flexibility index (Phi) is 6.27. The van der Waals surface area contributed by atoms with Crippen LogP contribution in [-0.4, -0.2) is 11.7 Å². The Hall–Kier alpha value is -3.70. The largest absolute Gasteiger partial charge is 0.362 e. The molecule has 0 bridgehead atoms. The average molecular weight is 487 g/mol. The van der Waals surface area contributed by atoms with Gasteiger partial charge in [-0.2, -0.15) is 0 Å². The number of ketones is 1. The molecule has 4 nitrogen and oxygen atoms in total. The zero-order chi connectivity index (χ0) is 24.5. The molecular formula is C29H24ClFN2O2. The molecule has 3 aromatic rings. The number of benzene rings is 3. The van der Waals surface area contributed by atoms with Crippen molar-refractivity contribution in [2.24, 2.45) is 0 Å². The van der Waals surface area contributed by atoms with E-state index in [4.69, 9.17) is 11.6 Å². The van der Waals surface area contributed by atoms with Gasteiger partial charge in [-0.05, 0) is 60.7 Å². The van der Waals surface area contributed by atoms with E-state index < -0.39 is 17.6 Å². The summed E-state index contributed by atoms with van der Waals surface area (Å²) in [5.41, 5.74) is 4.73. The molecule has 2 aliphatic rings.